The Labute approximate surface area is 221 Å². The van der Waals surface area contributed by atoms with Crippen molar-refractivity contribution in [3.05, 3.63) is 24.3 Å². The van der Waals surface area contributed by atoms with E-state index in [4.69, 9.17) is 9.47 Å². The second kappa shape index (κ2) is 24.0. The van der Waals surface area contributed by atoms with Crippen molar-refractivity contribution in [3.63, 3.8) is 0 Å². The quantitative estimate of drug-likeness (QED) is 0.103. The minimum Gasteiger partial charge on any atom is -0.389 e. The van der Waals surface area contributed by atoms with Gasteiger partial charge in [-0.2, -0.15) is 0 Å². The molecule has 210 valence electrons. The van der Waals surface area contributed by atoms with Gasteiger partial charge in [0.2, 0.25) is 0 Å². The summed E-state index contributed by atoms with van der Waals surface area (Å²) in [6.45, 7) is 7.56. The van der Waals surface area contributed by atoms with Crippen molar-refractivity contribution in [1.82, 2.24) is 0 Å². The van der Waals surface area contributed by atoms with Gasteiger partial charge in [0, 0.05) is 37.7 Å². The fourth-order valence-corrected chi connectivity index (χ4v) is 4.06. The smallest absolute Gasteiger partial charge is 0.0945 e. The molecule has 36 heavy (non-hydrogen) atoms. The maximum atomic E-state index is 10.1. The minimum absolute atomic E-state index is 0.362. The van der Waals surface area contributed by atoms with Crippen molar-refractivity contribution in [2.45, 2.75) is 116 Å². The number of hydrogen-bond donors (Lipinski definition) is 4. The number of rotatable bonds is 26. The van der Waals surface area contributed by atoms with Gasteiger partial charge in [-0.15, -0.1) is 0 Å². The molecule has 0 saturated heterocycles. The topological polar surface area (TPSA) is 83.0 Å². The molecule has 0 saturated carbocycles. The first kappa shape index (κ1) is 32.7. The number of aliphatic hydroxyl groups is 2. The summed E-state index contributed by atoms with van der Waals surface area (Å²) >= 11 is 0. The summed E-state index contributed by atoms with van der Waals surface area (Å²) in [5.41, 5.74) is 1.90. The van der Waals surface area contributed by atoms with Crippen LogP contribution >= 0.6 is 0 Å². The summed E-state index contributed by atoms with van der Waals surface area (Å²) in [5, 5.41) is 26.8. The highest BCUT2D eigenvalue weighted by molar-refractivity contribution is 5.53. The van der Waals surface area contributed by atoms with Crippen LogP contribution in [0.4, 0.5) is 11.4 Å². The molecule has 0 heterocycles. The summed E-state index contributed by atoms with van der Waals surface area (Å²) < 4.78 is 11.2. The van der Waals surface area contributed by atoms with Crippen molar-refractivity contribution in [1.29, 1.82) is 0 Å². The lowest BCUT2D eigenvalue weighted by Gasteiger charge is -2.15. The van der Waals surface area contributed by atoms with Gasteiger partial charge in [0.25, 0.3) is 0 Å². The summed E-state index contributed by atoms with van der Waals surface area (Å²) in [5.74, 6) is 0. The molecule has 0 aliphatic heterocycles. The van der Waals surface area contributed by atoms with E-state index in [1.807, 2.05) is 24.3 Å². The molecule has 4 N–H and O–H groups in total. The van der Waals surface area contributed by atoms with Gasteiger partial charge >= 0.3 is 0 Å². The van der Waals surface area contributed by atoms with Crippen LogP contribution in [-0.2, 0) is 9.47 Å². The molecule has 1 aromatic carbocycles. The monoisotopic (exact) mass is 508 g/mol. The standard InChI is InChI=1S/C30H56N2O4/c1-3-5-7-9-11-13-15-21-35-25-29(33)23-31-27-17-19-28(20-18-27)32-24-30(34)26-36-22-16-14-12-10-8-6-4-2/h17-20,29-34H,3-16,21-26H2,1-2H3. The molecule has 0 aliphatic carbocycles. The molecular formula is C30H56N2O4. The van der Waals surface area contributed by atoms with Crippen LogP contribution in [0.15, 0.2) is 24.3 Å². The van der Waals surface area contributed by atoms with Crippen LogP contribution in [0.1, 0.15) is 104 Å². The van der Waals surface area contributed by atoms with Crippen LogP contribution in [0.25, 0.3) is 0 Å². The molecule has 0 amide bonds. The first-order valence-electron chi connectivity index (χ1n) is 14.7. The fourth-order valence-electron chi connectivity index (χ4n) is 4.06. The lowest BCUT2D eigenvalue weighted by Crippen LogP contribution is -2.25. The van der Waals surface area contributed by atoms with Gasteiger partial charge in [-0.05, 0) is 37.1 Å². The lowest BCUT2D eigenvalue weighted by molar-refractivity contribution is 0.0416. The Balaban J connectivity index is 2.01. The third-order valence-corrected chi connectivity index (χ3v) is 6.37. The van der Waals surface area contributed by atoms with Crippen molar-refractivity contribution in [2.75, 3.05) is 50.2 Å². The Hall–Kier alpha value is -1.34. The Morgan fingerprint density at radius 1 is 0.556 bits per heavy atom. The Bertz CT molecular complexity index is 534. The molecule has 6 heteroatoms. The van der Waals surface area contributed by atoms with Gasteiger partial charge in [0.05, 0.1) is 25.4 Å². The predicted molar refractivity (Wildman–Crippen MR) is 153 cm³/mol. The molecule has 0 aliphatic rings. The second-order valence-electron chi connectivity index (χ2n) is 10.0. The van der Waals surface area contributed by atoms with Crippen LogP contribution in [0.2, 0.25) is 0 Å². The number of nitrogens with one attached hydrogen (secondary N) is 2. The van der Waals surface area contributed by atoms with E-state index in [2.05, 4.69) is 24.5 Å². The minimum atomic E-state index is -0.524. The highest BCUT2D eigenvalue weighted by Crippen LogP contribution is 2.14. The average molecular weight is 509 g/mol. The maximum absolute atomic E-state index is 10.1. The van der Waals surface area contributed by atoms with E-state index in [1.54, 1.807) is 0 Å². The van der Waals surface area contributed by atoms with Crippen LogP contribution in [0.5, 0.6) is 0 Å². The molecule has 1 aromatic rings. The molecule has 1 rings (SSSR count). The third kappa shape index (κ3) is 19.8. The predicted octanol–water partition coefficient (Wildman–Crippen LogP) is 6.77. The summed E-state index contributed by atoms with van der Waals surface area (Å²) in [6.07, 6.45) is 16.7. The molecule has 0 radical (unpaired) electrons. The van der Waals surface area contributed by atoms with E-state index in [1.165, 1.54) is 77.0 Å². The normalized spacial score (nSPS) is 13.0. The maximum Gasteiger partial charge on any atom is 0.0945 e. The van der Waals surface area contributed by atoms with E-state index in [0.717, 1.165) is 37.4 Å². The fraction of sp³-hybridized carbons (Fsp3) is 0.800. The van der Waals surface area contributed by atoms with Crippen molar-refractivity contribution < 1.29 is 19.7 Å². The number of aliphatic hydroxyl groups excluding tert-OH is 2. The summed E-state index contributed by atoms with van der Waals surface area (Å²) in [7, 11) is 0. The molecular weight excluding hydrogens is 452 g/mol. The van der Waals surface area contributed by atoms with Crippen molar-refractivity contribution in [2.24, 2.45) is 0 Å². The van der Waals surface area contributed by atoms with Gasteiger partial charge in [-0.1, -0.05) is 90.9 Å². The van der Waals surface area contributed by atoms with Crippen LogP contribution in [0.3, 0.4) is 0 Å². The van der Waals surface area contributed by atoms with E-state index < -0.39 is 12.2 Å². The molecule has 0 fully saturated rings. The van der Waals surface area contributed by atoms with E-state index >= 15 is 0 Å². The number of anilines is 2. The molecule has 2 atom stereocenters. The van der Waals surface area contributed by atoms with E-state index in [-0.39, 0.29) is 0 Å². The summed E-state index contributed by atoms with van der Waals surface area (Å²) in [6, 6.07) is 7.88. The van der Waals surface area contributed by atoms with Crippen molar-refractivity contribution >= 4 is 11.4 Å². The highest BCUT2D eigenvalue weighted by atomic mass is 16.5. The van der Waals surface area contributed by atoms with Gasteiger partial charge in [-0.25, -0.2) is 0 Å². The molecule has 0 bridgehead atoms. The van der Waals surface area contributed by atoms with Gasteiger partial charge in [-0.3, -0.25) is 0 Å². The van der Waals surface area contributed by atoms with Gasteiger partial charge in [0.1, 0.15) is 0 Å². The largest absolute Gasteiger partial charge is 0.389 e. The zero-order chi connectivity index (χ0) is 26.1. The van der Waals surface area contributed by atoms with Crippen LogP contribution in [-0.4, -0.2) is 61.9 Å². The SMILES string of the molecule is CCCCCCCCCOCC(O)CNc1ccc(NCC(O)COCCCCCCCCC)cc1. The Morgan fingerprint density at radius 2 is 0.889 bits per heavy atom. The second-order valence-corrected chi connectivity index (χ2v) is 10.0. The van der Waals surface area contributed by atoms with Gasteiger partial charge in [0.15, 0.2) is 0 Å². The van der Waals surface area contributed by atoms with E-state index in [9.17, 15) is 10.2 Å². The van der Waals surface area contributed by atoms with Crippen LogP contribution < -0.4 is 10.6 Å². The highest BCUT2D eigenvalue weighted by Gasteiger charge is 2.06. The number of hydrogen-bond acceptors (Lipinski definition) is 6. The summed E-state index contributed by atoms with van der Waals surface area (Å²) in [4.78, 5) is 0. The van der Waals surface area contributed by atoms with E-state index in [0.29, 0.717) is 26.3 Å². The molecule has 0 spiro atoms. The Kier molecular flexibility index (Phi) is 21.8. The molecule has 0 aromatic heterocycles. The first-order valence-corrected chi connectivity index (χ1v) is 14.7. The molecule has 6 nitrogen and oxygen atoms in total. The van der Waals surface area contributed by atoms with Crippen LogP contribution in [0, 0.1) is 0 Å². The number of ether oxygens (including phenoxy) is 2. The first-order chi connectivity index (χ1) is 17.7. The lowest BCUT2D eigenvalue weighted by atomic mass is 10.1. The third-order valence-electron chi connectivity index (χ3n) is 6.37. The number of unbranched alkanes of at least 4 members (excludes halogenated alkanes) is 12. The number of benzene rings is 1. The van der Waals surface area contributed by atoms with Crippen molar-refractivity contribution in [3.8, 4) is 0 Å². The van der Waals surface area contributed by atoms with Gasteiger partial charge < -0.3 is 30.3 Å². The molecule has 2 unspecified atom stereocenters. The Morgan fingerprint density at radius 3 is 1.25 bits per heavy atom. The zero-order valence-corrected chi connectivity index (χ0v) is 23.3. The zero-order valence-electron chi connectivity index (χ0n) is 23.3. The average Bonchev–Trinajstić information content (AvgIpc) is 2.89.